The summed E-state index contributed by atoms with van der Waals surface area (Å²) in [6.07, 6.45) is 9.76. The first-order chi connectivity index (χ1) is 22.2. The van der Waals surface area contributed by atoms with Gasteiger partial charge in [-0.05, 0) is 74.9 Å². The summed E-state index contributed by atoms with van der Waals surface area (Å²) in [4.78, 5) is 34.7. The molecule has 2 aliphatic rings. The minimum Gasteiger partial charge on any atom is -0.381 e. The third-order valence-electron chi connectivity index (χ3n) is 9.87. The van der Waals surface area contributed by atoms with Crippen LogP contribution in [-0.4, -0.2) is 54.7 Å². The zero-order valence-corrected chi connectivity index (χ0v) is 29.4. The number of rotatable bonds is 4. The molecule has 2 fully saturated rings. The Morgan fingerprint density at radius 3 is 1.46 bits per heavy atom. The van der Waals surface area contributed by atoms with Gasteiger partial charge in [0.15, 0.2) is 0 Å². The number of aryl methyl sites for hydroxylation is 2. The smallest absolute Gasteiger partial charge is 0.329 e. The van der Waals surface area contributed by atoms with Gasteiger partial charge in [0.1, 0.15) is 0 Å². The van der Waals surface area contributed by atoms with Crippen LogP contribution in [0.2, 0.25) is 0 Å². The van der Waals surface area contributed by atoms with E-state index in [0.717, 1.165) is 91.3 Å². The van der Waals surface area contributed by atoms with Crippen LogP contribution in [0.25, 0.3) is 43.9 Å². The molecule has 46 heavy (non-hydrogen) atoms. The maximum absolute atomic E-state index is 12.8. The van der Waals surface area contributed by atoms with Crippen molar-refractivity contribution in [2.24, 2.45) is 14.1 Å². The van der Waals surface area contributed by atoms with E-state index >= 15 is 0 Å². The Bertz CT molecular complexity index is 2080. The fraction of sp³-hybridized carbons (Fsp3) is 0.412. The summed E-state index contributed by atoms with van der Waals surface area (Å²) < 4.78 is 20.2. The van der Waals surface area contributed by atoms with Gasteiger partial charge in [0.2, 0.25) is 0 Å². The van der Waals surface area contributed by atoms with Crippen molar-refractivity contribution in [3.8, 4) is 0 Å². The van der Waals surface area contributed by atoms with Crippen LogP contribution in [0, 0.1) is 0 Å². The lowest BCUT2D eigenvalue weighted by Crippen LogP contribution is -2.25. The number of ether oxygens (including phenoxy) is 2. The van der Waals surface area contributed by atoms with Crippen LogP contribution in [0.15, 0.2) is 67.3 Å². The molecule has 10 nitrogen and oxygen atoms in total. The van der Waals surface area contributed by atoms with Crippen LogP contribution >= 0.6 is 31.9 Å². The van der Waals surface area contributed by atoms with E-state index in [-0.39, 0.29) is 35.7 Å². The minimum atomic E-state index is 0.0241. The molecule has 2 aliphatic carbocycles. The van der Waals surface area contributed by atoms with E-state index in [0.29, 0.717) is 0 Å². The Morgan fingerprint density at radius 1 is 0.674 bits per heavy atom. The van der Waals surface area contributed by atoms with Crippen LogP contribution in [0.5, 0.6) is 0 Å². The first kappa shape index (κ1) is 31.3. The predicted octanol–water partition coefficient (Wildman–Crippen LogP) is 6.78. The average Bonchev–Trinajstić information content (AvgIpc) is 3.84. The number of methoxy groups -OCH3 is 2. The van der Waals surface area contributed by atoms with Crippen molar-refractivity contribution in [2.45, 2.75) is 62.8 Å². The monoisotopic (exact) mass is 750 g/mol. The van der Waals surface area contributed by atoms with Crippen LogP contribution in [0.3, 0.4) is 0 Å². The van der Waals surface area contributed by atoms with Gasteiger partial charge in [-0.1, -0.05) is 31.9 Å². The van der Waals surface area contributed by atoms with Crippen molar-refractivity contribution in [1.29, 1.82) is 0 Å². The third-order valence-corrected chi connectivity index (χ3v) is 10.9. The van der Waals surface area contributed by atoms with Gasteiger partial charge in [0, 0.05) is 60.1 Å². The lowest BCUT2D eigenvalue weighted by molar-refractivity contribution is 0.105. The molecule has 12 heteroatoms. The van der Waals surface area contributed by atoms with E-state index in [1.807, 2.05) is 59.6 Å². The molecule has 0 bridgehead atoms. The lowest BCUT2D eigenvalue weighted by Gasteiger charge is -2.13. The Balaban J connectivity index is 0.000000147. The highest BCUT2D eigenvalue weighted by Gasteiger charge is 2.31. The molecular weight excluding hydrogens is 716 g/mol. The summed E-state index contributed by atoms with van der Waals surface area (Å²) in [5.74, 6) is 0. The summed E-state index contributed by atoms with van der Waals surface area (Å²) in [6, 6.07) is 12.4. The second-order valence-electron chi connectivity index (χ2n) is 12.4. The van der Waals surface area contributed by atoms with Gasteiger partial charge in [0.25, 0.3) is 0 Å². The number of halogens is 2. The van der Waals surface area contributed by atoms with Crippen molar-refractivity contribution < 1.29 is 9.47 Å². The standard InChI is InChI=1S/2C17H18BrN3O2/c2*1-20-15-9-19-14-6-3-10(18)7-13(14)16(15)21(17(20)22)11-4-5-12(8-11)23-2/h2*3,6-7,9,11-12H,4-5,8H2,1-2H3/t2*11-,12-/m10/s1. The maximum atomic E-state index is 12.8. The first-order valence-electron chi connectivity index (χ1n) is 15.6. The largest absolute Gasteiger partial charge is 0.381 e. The molecule has 0 unspecified atom stereocenters. The van der Waals surface area contributed by atoms with E-state index in [1.165, 1.54) is 0 Å². The summed E-state index contributed by atoms with van der Waals surface area (Å²) in [5.41, 5.74) is 5.56. The van der Waals surface area contributed by atoms with E-state index in [4.69, 9.17) is 9.47 Å². The number of hydrogen-bond donors (Lipinski definition) is 0. The number of fused-ring (bicyclic) bond motifs is 6. The Labute approximate surface area is 282 Å². The van der Waals surface area contributed by atoms with Crippen molar-refractivity contribution >= 4 is 75.7 Å². The van der Waals surface area contributed by atoms with Crippen molar-refractivity contribution in [2.75, 3.05) is 14.2 Å². The van der Waals surface area contributed by atoms with Crippen molar-refractivity contribution in [3.05, 3.63) is 78.7 Å². The van der Waals surface area contributed by atoms with Crippen LogP contribution in [-0.2, 0) is 23.6 Å². The number of hydrogen-bond acceptors (Lipinski definition) is 6. The third kappa shape index (κ3) is 5.23. The zero-order chi connectivity index (χ0) is 32.3. The number of nitrogens with zero attached hydrogens (tertiary/aromatic N) is 6. The van der Waals surface area contributed by atoms with Gasteiger partial charge in [-0.25, -0.2) is 9.59 Å². The topological polar surface area (TPSA) is 98.1 Å². The minimum absolute atomic E-state index is 0.0241. The van der Waals surface area contributed by atoms with Gasteiger partial charge in [0.05, 0.1) is 57.7 Å². The number of imidazole rings is 2. The maximum Gasteiger partial charge on any atom is 0.329 e. The molecule has 4 atom stereocenters. The number of aromatic nitrogens is 6. The van der Waals surface area contributed by atoms with Crippen LogP contribution < -0.4 is 11.4 Å². The second-order valence-corrected chi connectivity index (χ2v) is 14.2. The molecule has 0 saturated heterocycles. The quantitative estimate of drug-likeness (QED) is 0.197. The molecule has 0 radical (unpaired) electrons. The van der Waals surface area contributed by atoms with Gasteiger partial charge >= 0.3 is 11.4 Å². The molecule has 0 amide bonds. The van der Waals surface area contributed by atoms with E-state index in [1.54, 1.807) is 35.7 Å². The molecule has 4 heterocycles. The molecule has 2 aromatic carbocycles. The summed E-state index contributed by atoms with van der Waals surface area (Å²) >= 11 is 7.06. The molecule has 4 aromatic heterocycles. The van der Waals surface area contributed by atoms with Crippen molar-refractivity contribution in [3.63, 3.8) is 0 Å². The molecule has 0 N–H and O–H groups in total. The Hall–Kier alpha value is -3.32. The van der Waals surface area contributed by atoms with Gasteiger partial charge < -0.3 is 9.47 Å². The first-order valence-corrected chi connectivity index (χ1v) is 17.1. The Morgan fingerprint density at radius 2 is 1.09 bits per heavy atom. The molecular formula is C34H36Br2N6O4. The van der Waals surface area contributed by atoms with Crippen molar-refractivity contribution in [1.82, 2.24) is 28.2 Å². The summed E-state index contributed by atoms with van der Waals surface area (Å²) in [5, 5.41) is 2.02. The highest BCUT2D eigenvalue weighted by atomic mass is 79.9. The molecule has 8 rings (SSSR count). The molecule has 0 spiro atoms. The zero-order valence-electron chi connectivity index (χ0n) is 26.2. The second kappa shape index (κ2) is 12.4. The van der Waals surface area contributed by atoms with Crippen LogP contribution in [0.4, 0.5) is 0 Å². The lowest BCUT2D eigenvalue weighted by atomic mass is 10.1. The fourth-order valence-corrected chi connectivity index (χ4v) is 8.13. The van der Waals surface area contributed by atoms with Crippen LogP contribution in [0.1, 0.15) is 50.6 Å². The highest BCUT2D eigenvalue weighted by Crippen LogP contribution is 2.36. The van der Waals surface area contributed by atoms with Gasteiger partial charge in [-0.3, -0.25) is 28.2 Å². The SMILES string of the molecule is CO[C@@H]1CC[C@@H](n2c(=O)n(C)c3cnc4ccc(Br)cc4c32)C1.CO[C@H]1CC[C@H](n2c(=O)n(C)c3cnc4ccc(Br)cc4c32)C1. The number of pyridine rings is 2. The van der Waals surface area contributed by atoms with E-state index in [9.17, 15) is 9.59 Å². The molecule has 0 aliphatic heterocycles. The van der Waals surface area contributed by atoms with E-state index < -0.39 is 0 Å². The Kier molecular flexibility index (Phi) is 8.41. The normalized spacial score (nSPS) is 21.5. The van der Waals surface area contributed by atoms with E-state index in [2.05, 4.69) is 41.8 Å². The molecule has 2 saturated carbocycles. The molecule has 240 valence electrons. The highest BCUT2D eigenvalue weighted by molar-refractivity contribution is 9.10. The molecule has 6 aromatic rings. The van der Waals surface area contributed by atoms with Gasteiger partial charge in [-0.2, -0.15) is 0 Å². The summed E-state index contributed by atoms with van der Waals surface area (Å²) in [6.45, 7) is 0. The van der Waals surface area contributed by atoms with Gasteiger partial charge in [-0.15, -0.1) is 0 Å². The average molecular weight is 753 g/mol. The fourth-order valence-electron chi connectivity index (χ4n) is 7.41. The number of benzene rings is 2. The predicted molar refractivity (Wildman–Crippen MR) is 188 cm³/mol. The summed E-state index contributed by atoms with van der Waals surface area (Å²) in [7, 11) is 7.12.